The Bertz CT molecular complexity index is 228. The molecule has 2 N–H and O–H groups in total. The number of ether oxygens (including phenoxy) is 1. The van der Waals surface area contributed by atoms with E-state index in [1.165, 1.54) is 0 Å². The van der Waals surface area contributed by atoms with Crippen molar-refractivity contribution in [3.8, 4) is 0 Å². The van der Waals surface area contributed by atoms with Crippen molar-refractivity contribution in [1.82, 2.24) is 9.97 Å². The first-order valence-electron chi connectivity index (χ1n) is 3.31. The van der Waals surface area contributed by atoms with E-state index in [4.69, 9.17) is 9.90 Å². The maximum absolute atomic E-state index is 9.15. The molecule has 0 aliphatic rings. The van der Waals surface area contributed by atoms with Crippen LogP contribution in [0.3, 0.4) is 0 Å². The third-order valence-electron chi connectivity index (χ3n) is 1.00. The number of carbonyl (C=O) groups is 1. The quantitative estimate of drug-likeness (QED) is 0.579. The minimum atomic E-state index is -1.25. The number of rotatable bonds is 0. The van der Waals surface area contributed by atoms with Gasteiger partial charge in [0.2, 0.25) is 0 Å². The summed E-state index contributed by atoms with van der Waals surface area (Å²) in [5.41, 5.74) is 1.12. The smallest absolute Gasteiger partial charge is 0.450 e. The second kappa shape index (κ2) is 5.17. The molecule has 0 bridgehead atoms. The van der Waals surface area contributed by atoms with Crippen molar-refractivity contribution in [2.75, 3.05) is 7.11 Å². The van der Waals surface area contributed by atoms with Gasteiger partial charge in [0.05, 0.1) is 7.11 Å². The van der Waals surface area contributed by atoms with E-state index in [1.807, 2.05) is 20.0 Å². The topological polar surface area (TPSA) is 75.2 Å². The van der Waals surface area contributed by atoms with Crippen LogP contribution < -0.4 is 0 Å². The second-order valence-electron chi connectivity index (χ2n) is 2.12. The van der Waals surface area contributed by atoms with Gasteiger partial charge in [-0.15, -0.1) is 0 Å². The average Bonchev–Trinajstić information content (AvgIpc) is 2.36. The fourth-order valence-electron chi connectivity index (χ4n) is 0.544. The van der Waals surface area contributed by atoms with E-state index in [0.717, 1.165) is 18.6 Å². The van der Waals surface area contributed by atoms with Gasteiger partial charge in [0.1, 0.15) is 5.82 Å². The molecule has 1 aromatic rings. The van der Waals surface area contributed by atoms with Gasteiger partial charge in [-0.1, -0.05) is 0 Å². The molecule has 1 heterocycles. The summed E-state index contributed by atoms with van der Waals surface area (Å²) < 4.78 is 3.67. The highest BCUT2D eigenvalue weighted by atomic mass is 16.6. The van der Waals surface area contributed by atoms with Crippen LogP contribution in [0.4, 0.5) is 4.79 Å². The van der Waals surface area contributed by atoms with E-state index >= 15 is 0 Å². The van der Waals surface area contributed by atoms with Crippen molar-refractivity contribution >= 4 is 6.16 Å². The lowest BCUT2D eigenvalue weighted by Crippen LogP contribution is -1.91. The highest BCUT2D eigenvalue weighted by Crippen LogP contribution is 1.89. The molecule has 0 aromatic carbocycles. The van der Waals surface area contributed by atoms with Crippen LogP contribution in [0.15, 0.2) is 6.20 Å². The fourth-order valence-corrected chi connectivity index (χ4v) is 0.544. The number of aromatic nitrogens is 2. The van der Waals surface area contributed by atoms with Crippen LogP contribution in [-0.4, -0.2) is 28.3 Å². The molecular formula is C7H12N2O3. The summed E-state index contributed by atoms with van der Waals surface area (Å²) in [5, 5.41) is 7.50. The molecule has 0 saturated carbocycles. The molecule has 68 valence electrons. The van der Waals surface area contributed by atoms with Crippen molar-refractivity contribution < 1.29 is 14.6 Å². The molecule has 0 unspecified atom stereocenters. The molecule has 0 spiro atoms. The zero-order chi connectivity index (χ0) is 9.56. The van der Waals surface area contributed by atoms with Crippen LogP contribution in [0.1, 0.15) is 11.5 Å². The lowest BCUT2D eigenvalue weighted by Gasteiger charge is -1.79. The van der Waals surface area contributed by atoms with Crippen molar-refractivity contribution in [1.29, 1.82) is 0 Å². The summed E-state index contributed by atoms with van der Waals surface area (Å²) in [6.45, 7) is 3.92. The highest BCUT2D eigenvalue weighted by molar-refractivity contribution is 5.56. The summed E-state index contributed by atoms with van der Waals surface area (Å²) in [4.78, 5) is 16.1. The maximum atomic E-state index is 9.15. The predicted octanol–water partition coefficient (Wildman–Crippen LogP) is 1.34. The molecular weight excluding hydrogens is 160 g/mol. The summed E-state index contributed by atoms with van der Waals surface area (Å²) in [5.74, 6) is 0.984. The summed E-state index contributed by atoms with van der Waals surface area (Å²) in [6.07, 6.45) is 0.569. The van der Waals surface area contributed by atoms with Gasteiger partial charge < -0.3 is 14.8 Å². The highest BCUT2D eigenvalue weighted by Gasteiger charge is 1.83. The van der Waals surface area contributed by atoms with Gasteiger partial charge >= 0.3 is 6.16 Å². The number of hydrogen-bond acceptors (Lipinski definition) is 3. The summed E-state index contributed by atoms with van der Waals surface area (Å²) in [7, 11) is 1.10. The van der Waals surface area contributed by atoms with Crippen molar-refractivity contribution in [2.45, 2.75) is 13.8 Å². The molecule has 0 aliphatic heterocycles. The SMILES string of the molecule is COC(=O)O.Cc1cnc(C)[nH]1. The third-order valence-corrected chi connectivity index (χ3v) is 1.00. The van der Waals surface area contributed by atoms with Crippen LogP contribution >= 0.6 is 0 Å². The lowest BCUT2D eigenvalue weighted by molar-refractivity contribution is 0.114. The van der Waals surface area contributed by atoms with E-state index < -0.39 is 6.16 Å². The lowest BCUT2D eigenvalue weighted by atomic mass is 10.6. The van der Waals surface area contributed by atoms with Crippen LogP contribution in [-0.2, 0) is 4.74 Å². The Morgan fingerprint density at radius 1 is 1.67 bits per heavy atom. The van der Waals surface area contributed by atoms with E-state index in [2.05, 4.69) is 14.7 Å². The number of H-pyrrole nitrogens is 1. The number of imidazole rings is 1. The van der Waals surface area contributed by atoms with Gasteiger partial charge in [0, 0.05) is 11.9 Å². The van der Waals surface area contributed by atoms with Gasteiger partial charge in [-0.2, -0.15) is 0 Å². The number of nitrogens with one attached hydrogen (secondary N) is 1. The number of aryl methyl sites for hydroxylation is 2. The normalized spacial score (nSPS) is 8.25. The van der Waals surface area contributed by atoms with Gasteiger partial charge in [0.15, 0.2) is 0 Å². The summed E-state index contributed by atoms with van der Waals surface area (Å²) >= 11 is 0. The molecule has 1 rings (SSSR count). The Morgan fingerprint density at radius 2 is 2.17 bits per heavy atom. The monoisotopic (exact) mass is 172 g/mol. The number of nitrogens with zero attached hydrogens (tertiary/aromatic N) is 1. The van der Waals surface area contributed by atoms with Gasteiger partial charge in [-0.3, -0.25) is 0 Å². The van der Waals surface area contributed by atoms with Gasteiger partial charge in [-0.25, -0.2) is 9.78 Å². The molecule has 5 nitrogen and oxygen atoms in total. The molecule has 0 amide bonds. The average molecular weight is 172 g/mol. The van der Waals surface area contributed by atoms with Crippen molar-refractivity contribution in [3.63, 3.8) is 0 Å². The third kappa shape index (κ3) is 5.28. The molecule has 1 aromatic heterocycles. The molecule has 0 saturated heterocycles. The second-order valence-corrected chi connectivity index (χ2v) is 2.12. The molecule has 0 aliphatic carbocycles. The first kappa shape index (κ1) is 10.5. The predicted molar refractivity (Wildman–Crippen MR) is 43.1 cm³/mol. The fraction of sp³-hybridized carbons (Fsp3) is 0.429. The molecule has 0 radical (unpaired) electrons. The van der Waals surface area contributed by atoms with E-state index in [1.54, 1.807) is 0 Å². The summed E-state index contributed by atoms with van der Waals surface area (Å²) in [6, 6.07) is 0. The minimum absolute atomic E-state index is 0.984. The molecule has 0 fully saturated rings. The molecule has 12 heavy (non-hydrogen) atoms. The Labute approximate surface area is 70.4 Å². The van der Waals surface area contributed by atoms with Crippen LogP contribution in [0.5, 0.6) is 0 Å². The van der Waals surface area contributed by atoms with E-state index in [-0.39, 0.29) is 0 Å². The van der Waals surface area contributed by atoms with E-state index in [0.29, 0.717) is 0 Å². The number of carboxylic acid groups (broad SMARTS) is 1. The first-order chi connectivity index (χ1) is 5.56. The Kier molecular flexibility index (Phi) is 4.52. The van der Waals surface area contributed by atoms with Crippen LogP contribution in [0.25, 0.3) is 0 Å². The Morgan fingerprint density at radius 3 is 2.25 bits per heavy atom. The van der Waals surface area contributed by atoms with Crippen LogP contribution in [0, 0.1) is 13.8 Å². The first-order valence-corrected chi connectivity index (χ1v) is 3.31. The Hall–Kier alpha value is -1.52. The largest absolute Gasteiger partial charge is 0.505 e. The maximum Gasteiger partial charge on any atom is 0.505 e. The minimum Gasteiger partial charge on any atom is -0.450 e. The number of hydrogen-bond donors (Lipinski definition) is 2. The van der Waals surface area contributed by atoms with Crippen molar-refractivity contribution in [3.05, 3.63) is 17.7 Å². The zero-order valence-electron chi connectivity index (χ0n) is 7.29. The molecule has 0 atom stereocenters. The Balaban J connectivity index is 0.000000217. The number of methoxy groups -OCH3 is 1. The zero-order valence-corrected chi connectivity index (χ0v) is 7.29. The van der Waals surface area contributed by atoms with Crippen molar-refractivity contribution in [2.24, 2.45) is 0 Å². The van der Waals surface area contributed by atoms with Crippen LogP contribution in [0.2, 0.25) is 0 Å². The number of aromatic amines is 1. The molecule has 5 heteroatoms. The van der Waals surface area contributed by atoms with Gasteiger partial charge in [-0.05, 0) is 13.8 Å². The van der Waals surface area contributed by atoms with E-state index in [9.17, 15) is 0 Å². The standard InChI is InChI=1S/C5H8N2.C2H4O3/c1-4-3-6-5(2)7-4;1-5-2(3)4/h3H,1-2H3,(H,6,7);1H3,(H,3,4). The van der Waals surface area contributed by atoms with Gasteiger partial charge in [0.25, 0.3) is 0 Å².